The molecule has 4 heteroatoms. The van der Waals surface area contributed by atoms with Crippen LogP contribution in [0.4, 0.5) is 0 Å². The van der Waals surface area contributed by atoms with Crippen molar-refractivity contribution in [2.75, 3.05) is 0 Å². The van der Waals surface area contributed by atoms with E-state index in [-0.39, 0.29) is 17.9 Å². The molecule has 0 bridgehead atoms. The van der Waals surface area contributed by atoms with Gasteiger partial charge in [0.1, 0.15) is 6.10 Å². The lowest BCUT2D eigenvalue weighted by Crippen LogP contribution is -2.47. The number of imide groups is 1. The van der Waals surface area contributed by atoms with Gasteiger partial charge in [0.15, 0.2) is 0 Å². The van der Waals surface area contributed by atoms with Crippen LogP contribution in [-0.2, 0) is 9.59 Å². The molecule has 0 aliphatic carbocycles. The van der Waals surface area contributed by atoms with Crippen LogP contribution in [0.1, 0.15) is 34.1 Å². The predicted octanol–water partition coefficient (Wildman–Crippen LogP) is 1.34. The van der Waals surface area contributed by atoms with Crippen molar-refractivity contribution in [1.82, 2.24) is 4.90 Å². The van der Waals surface area contributed by atoms with E-state index in [9.17, 15) is 14.7 Å². The third kappa shape index (κ3) is 3.16. The highest BCUT2D eigenvalue weighted by Gasteiger charge is 2.35. The summed E-state index contributed by atoms with van der Waals surface area (Å²) in [5, 5.41) is 9.75. The molecule has 2 amide bonds. The van der Waals surface area contributed by atoms with E-state index in [2.05, 4.69) is 0 Å². The summed E-state index contributed by atoms with van der Waals surface area (Å²) < 4.78 is 0. The first-order valence-corrected chi connectivity index (χ1v) is 6.08. The summed E-state index contributed by atoms with van der Waals surface area (Å²) in [5.74, 6) is -0.598. The van der Waals surface area contributed by atoms with Crippen molar-refractivity contribution in [2.24, 2.45) is 11.8 Å². The third-order valence-electron chi connectivity index (χ3n) is 2.86. The Morgan fingerprint density at radius 3 is 2.47 bits per heavy atom. The van der Waals surface area contributed by atoms with Gasteiger partial charge in [0.2, 0.25) is 0 Å². The van der Waals surface area contributed by atoms with Crippen LogP contribution in [0.5, 0.6) is 0 Å². The molecule has 0 saturated heterocycles. The second kappa shape index (κ2) is 5.45. The fourth-order valence-electron chi connectivity index (χ4n) is 1.89. The fraction of sp³-hybridized carbons (Fsp3) is 0.692. The van der Waals surface area contributed by atoms with Crippen LogP contribution in [0.3, 0.4) is 0 Å². The van der Waals surface area contributed by atoms with Gasteiger partial charge in [0, 0.05) is 6.08 Å². The number of carbonyl (C=O) groups is 2. The standard InChI is InChI=1S/C13H21NO3/c1-8(2)7-10-5-6-11(15)14(10)13(17)12(16)9(3)4/h5-6,8-10,12,16H,7H2,1-4H3/t10-,12+/m1/s1. The average molecular weight is 239 g/mol. The summed E-state index contributed by atoms with van der Waals surface area (Å²) in [6.07, 6.45) is 2.79. The average Bonchev–Trinajstić information content (AvgIpc) is 2.56. The Bertz CT molecular complexity index is 334. The highest BCUT2D eigenvalue weighted by Crippen LogP contribution is 2.21. The van der Waals surface area contributed by atoms with Crippen LogP contribution in [-0.4, -0.2) is 34.0 Å². The van der Waals surface area contributed by atoms with E-state index in [1.165, 1.54) is 11.0 Å². The molecule has 1 rings (SSSR count). The number of amides is 2. The van der Waals surface area contributed by atoms with Crippen molar-refractivity contribution in [3.63, 3.8) is 0 Å². The Morgan fingerprint density at radius 2 is 2.00 bits per heavy atom. The van der Waals surface area contributed by atoms with Gasteiger partial charge in [-0.05, 0) is 18.3 Å². The monoisotopic (exact) mass is 239 g/mol. The Labute approximate surface area is 102 Å². The van der Waals surface area contributed by atoms with Crippen molar-refractivity contribution < 1.29 is 14.7 Å². The van der Waals surface area contributed by atoms with E-state index in [1.54, 1.807) is 19.9 Å². The summed E-state index contributed by atoms with van der Waals surface area (Å²) in [6.45, 7) is 7.60. The molecule has 1 heterocycles. The molecule has 0 spiro atoms. The molecule has 0 aromatic carbocycles. The van der Waals surface area contributed by atoms with Crippen molar-refractivity contribution in [2.45, 2.75) is 46.3 Å². The van der Waals surface area contributed by atoms with E-state index in [4.69, 9.17) is 0 Å². The van der Waals surface area contributed by atoms with Gasteiger partial charge in [-0.15, -0.1) is 0 Å². The smallest absolute Gasteiger partial charge is 0.259 e. The molecule has 1 aliphatic heterocycles. The van der Waals surface area contributed by atoms with Crippen molar-refractivity contribution in [3.8, 4) is 0 Å². The molecule has 2 atom stereocenters. The molecule has 0 radical (unpaired) electrons. The summed E-state index contributed by atoms with van der Waals surface area (Å²) in [5.41, 5.74) is 0. The molecule has 96 valence electrons. The lowest BCUT2D eigenvalue weighted by Gasteiger charge is -2.27. The third-order valence-corrected chi connectivity index (χ3v) is 2.86. The first kappa shape index (κ1) is 13.9. The summed E-state index contributed by atoms with van der Waals surface area (Å²) >= 11 is 0. The molecule has 0 fully saturated rings. The zero-order valence-corrected chi connectivity index (χ0v) is 10.9. The fourth-order valence-corrected chi connectivity index (χ4v) is 1.89. The van der Waals surface area contributed by atoms with Gasteiger partial charge in [-0.25, -0.2) is 0 Å². The van der Waals surface area contributed by atoms with E-state index < -0.39 is 12.0 Å². The van der Waals surface area contributed by atoms with Gasteiger partial charge in [-0.1, -0.05) is 33.8 Å². The van der Waals surface area contributed by atoms with Gasteiger partial charge < -0.3 is 5.11 Å². The second-order valence-electron chi connectivity index (χ2n) is 5.29. The van der Waals surface area contributed by atoms with Gasteiger partial charge in [0.25, 0.3) is 11.8 Å². The minimum Gasteiger partial charge on any atom is -0.383 e. The number of hydrogen-bond acceptors (Lipinski definition) is 3. The Kier molecular flexibility index (Phi) is 4.46. The van der Waals surface area contributed by atoms with E-state index >= 15 is 0 Å². The predicted molar refractivity (Wildman–Crippen MR) is 65.1 cm³/mol. The highest BCUT2D eigenvalue weighted by atomic mass is 16.3. The van der Waals surface area contributed by atoms with E-state index in [0.29, 0.717) is 5.92 Å². The minimum absolute atomic E-state index is 0.185. The Morgan fingerprint density at radius 1 is 1.41 bits per heavy atom. The van der Waals surface area contributed by atoms with Gasteiger partial charge in [0.05, 0.1) is 6.04 Å². The number of rotatable bonds is 4. The number of carbonyl (C=O) groups excluding carboxylic acids is 2. The normalized spacial score (nSPS) is 21.7. The zero-order valence-electron chi connectivity index (χ0n) is 10.9. The number of hydrogen-bond donors (Lipinski definition) is 1. The SMILES string of the molecule is CC(C)C[C@H]1C=CC(=O)N1C(=O)[C@@H](O)C(C)C. The summed E-state index contributed by atoms with van der Waals surface area (Å²) in [6, 6.07) is -0.205. The molecular weight excluding hydrogens is 218 g/mol. The maximum Gasteiger partial charge on any atom is 0.259 e. The number of aliphatic hydroxyl groups excluding tert-OH is 1. The molecule has 0 aromatic heterocycles. The first-order chi connectivity index (χ1) is 7.84. The van der Waals surface area contributed by atoms with Crippen LogP contribution in [0.25, 0.3) is 0 Å². The molecule has 0 unspecified atom stereocenters. The highest BCUT2D eigenvalue weighted by molar-refractivity contribution is 6.04. The number of nitrogens with zero attached hydrogens (tertiary/aromatic N) is 1. The van der Waals surface area contributed by atoms with Crippen LogP contribution >= 0.6 is 0 Å². The van der Waals surface area contributed by atoms with Gasteiger partial charge >= 0.3 is 0 Å². The van der Waals surface area contributed by atoms with Crippen LogP contribution in [0.15, 0.2) is 12.2 Å². The van der Waals surface area contributed by atoms with Crippen molar-refractivity contribution in [3.05, 3.63) is 12.2 Å². The van der Waals surface area contributed by atoms with Gasteiger partial charge in [-0.2, -0.15) is 0 Å². The van der Waals surface area contributed by atoms with Gasteiger partial charge in [-0.3, -0.25) is 14.5 Å². The van der Waals surface area contributed by atoms with Crippen LogP contribution < -0.4 is 0 Å². The maximum absolute atomic E-state index is 12.0. The number of aliphatic hydroxyl groups is 1. The molecular formula is C13H21NO3. The van der Waals surface area contributed by atoms with Crippen molar-refractivity contribution >= 4 is 11.8 Å². The quantitative estimate of drug-likeness (QED) is 0.805. The molecule has 17 heavy (non-hydrogen) atoms. The van der Waals surface area contributed by atoms with E-state index in [0.717, 1.165) is 6.42 Å². The molecule has 0 aromatic rings. The molecule has 4 nitrogen and oxygen atoms in total. The van der Waals surface area contributed by atoms with Crippen LogP contribution in [0.2, 0.25) is 0 Å². The van der Waals surface area contributed by atoms with Crippen LogP contribution in [0, 0.1) is 11.8 Å². The summed E-state index contributed by atoms with van der Waals surface area (Å²) in [7, 11) is 0. The molecule has 1 N–H and O–H groups in total. The lowest BCUT2D eigenvalue weighted by atomic mass is 10.0. The zero-order chi connectivity index (χ0) is 13.2. The largest absolute Gasteiger partial charge is 0.383 e. The molecule has 1 aliphatic rings. The topological polar surface area (TPSA) is 57.6 Å². The molecule has 0 saturated carbocycles. The summed E-state index contributed by atoms with van der Waals surface area (Å²) in [4.78, 5) is 24.8. The van der Waals surface area contributed by atoms with Crippen molar-refractivity contribution in [1.29, 1.82) is 0 Å². The van der Waals surface area contributed by atoms with E-state index in [1.807, 2.05) is 13.8 Å². The Hall–Kier alpha value is -1.16. The Balaban J connectivity index is 2.79. The minimum atomic E-state index is -1.10. The second-order valence-corrected chi connectivity index (χ2v) is 5.29. The first-order valence-electron chi connectivity index (χ1n) is 6.08. The lowest BCUT2D eigenvalue weighted by molar-refractivity contribution is -0.150. The maximum atomic E-state index is 12.0.